The Balaban J connectivity index is 1.56. The molecule has 36 heavy (non-hydrogen) atoms. The number of H-pyrrole nitrogens is 1. The van der Waals surface area contributed by atoms with Gasteiger partial charge in [0.2, 0.25) is 0 Å². The monoisotopic (exact) mass is 492 g/mol. The molecule has 5 heterocycles. The number of ether oxygens (including phenoxy) is 2. The fraction of sp³-hybridized carbons (Fsp3) is 0.560. The Kier molecular flexibility index (Phi) is 6.08. The molecule has 190 valence electrons. The number of anilines is 1. The number of piperidine rings is 1. The van der Waals surface area contributed by atoms with E-state index in [-0.39, 0.29) is 12.1 Å². The third kappa shape index (κ3) is 4.37. The van der Waals surface area contributed by atoms with Crippen LogP contribution < -0.4 is 4.90 Å². The average Bonchev–Trinajstić information content (AvgIpc) is 3.52. The van der Waals surface area contributed by atoms with E-state index in [1.54, 1.807) is 22.0 Å². The number of nitrogens with one attached hydrogen (secondary N) is 1. The van der Waals surface area contributed by atoms with Crippen molar-refractivity contribution < 1.29 is 14.3 Å². The topological polar surface area (TPSA) is 125 Å². The molecule has 0 bridgehead atoms. The average molecular weight is 493 g/mol. The third-order valence-electron chi connectivity index (χ3n) is 6.89. The van der Waals surface area contributed by atoms with E-state index in [4.69, 9.17) is 14.5 Å². The number of hydrogen-bond donors (Lipinski definition) is 1. The second kappa shape index (κ2) is 9.09. The number of morpholine rings is 1. The molecular formula is C25H32N8O3. The van der Waals surface area contributed by atoms with E-state index in [0.717, 1.165) is 16.8 Å². The first kappa shape index (κ1) is 24.1. The van der Waals surface area contributed by atoms with Crippen molar-refractivity contribution >= 4 is 22.9 Å². The van der Waals surface area contributed by atoms with Gasteiger partial charge < -0.3 is 19.3 Å². The summed E-state index contributed by atoms with van der Waals surface area (Å²) in [5, 5.41) is 23.0. The van der Waals surface area contributed by atoms with Crippen LogP contribution in [0.2, 0.25) is 0 Å². The minimum absolute atomic E-state index is 0.144. The largest absolute Gasteiger partial charge is 0.444 e. The molecule has 2 aliphatic rings. The number of hydrogen-bond acceptors (Lipinski definition) is 8. The molecule has 0 spiro atoms. The highest BCUT2D eigenvalue weighted by atomic mass is 16.6. The van der Waals surface area contributed by atoms with Crippen LogP contribution in [0.4, 0.5) is 10.6 Å². The van der Waals surface area contributed by atoms with Gasteiger partial charge in [-0.3, -0.25) is 5.10 Å². The predicted molar refractivity (Wildman–Crippen MR) is 133 cm³/mol. The number of fused-ring (bicyclic) bond motifs is 1. The molecule has 11 nitrogen and oxygen atoms in total. The van der Waals surface area contributed by atoms with Gasteiger partial charge in [0.05, 0.1) is 36.9 Å². The highest BCUT2D eigenvalue weighted by molar-refractivity contribution is 5.84. The highest BCUT2D eigenvalue weighted by Crippen LogP contribution is 2.41. The van der Waals surface area contributed by atoms with Crippen LogP contribution >= 0.6 is 0 Å². The molecule has 2 fully saturated rings. The lowest BCUT2D eigenvalue weighted by Crippen LogP contribution is -2.47. The summed E-state index contributed by atoms with van der Waals surface area (Å²) in [5.41, 5.74) is 0.179. The van der Waals surface area contributed by atoms with Crippen molar-refractivity contribution in [2.24, 2.45) is 0 Å². The van der Waals surface area contributed by atoms with Crippen LogP contribution in [0, 0.1) is 11.3 Å². The van der Waals surface area contributed by atoms with Gasteiger partial charge >= 0.3 is 6.09 Å². The molecule has 3 aromatic heterocycles. The predicted octanol–water partition coefficient (Wildman–Crippen LogP) is 3.16. The lowest BCUT2D eigenvalue weighted by molar-refractivity contribution is 0.0185. The zero-order valence-electron chi connectivity index (χ0n) is 21.2. The molecule has 2 saturated heterocycles. The molecule has 1 amide bonds. The maximum atomic E-state index is 12.7. The first-order chi connectivity index (χ1) is 17.2. The minimum atomic E-state index is -0.788. The molecule has 11 heteroatoms. The molecule has 3 aromatic rings. The molecule has 2 aliphatic heterocycles. The summed E-state index contributed by atoms with van der Waals surface area (Å²) in [6, 6.07) is 6.62. The number of rotatable bonds is 3. The van der Waals surface area contributed by atoms with Gasteiger partial charge in [-0.25, -0.2) is 9.78 Å². The van der Waals surface area contributed by atoms with Gasteiger partial charge in [0.25, 0.3) is 0 Å². The number of nitrogens with zero attached hydrogens (tertiary/aromatic N) is 7. The van der Waals surface area contributed by atoms with E-state index in [9.17, 15) is 10.1 Å². The van der Waals surface area contributed by atoms with Crippen LogP contribution in [-0.4, -0.2) is 80.4 Å². The summed E-state index contributed by atoms with van der Waals surface area (Å²) in [6.45, 7) is 10.5. The van der Waals surface area contributed by atoms with Crippen molar-refractivity contribution in [2.75, 3.05) is 37.7 Å². The van der Waals surface area contributed by atoms with Crippen molar-refractivity contribution in [3.63, 3.8) is 0 Å². The second-order valence-electron chi connectivity index (χ2n) is 10.5. The van der Waals surface area contributed by atoms with Gasteiger partial charge in [-0.2, -0.15) is 20.1 Å². The lowest BCUT2D eigenvalue weighted by atomic mass is 9.73. The first-order valence-corrected chi connectivity index (χ1v) is 12.3. The number of carbonyl (C=O) groups is 1. The molecule has 0 saturated carbocycles. The van der Waals surface area contributed by atoms with Crippen LogP contribution in [0.5, 0.6) is 0 Å². The Morgan fingerprint density at radius 1 is 1.28 bits per heavy atom. The second-order valence-corrected chi connectivity index (χ2v) is 10.5. The summed E-state index contributed by atoms with van der Waals surface area (Å²) < 4.78 is 12.9. The molecule has 0 unspecified atom stereocenters. The van der Waals surface area contributed by atoms with Gasteiger partial charge in [0, 0.05) is 37.3 Å². The van der Waals surface area contributed by atoms with E-state index in [2.05, 4.69) is 33.2 Å². The number of amides is 1. The summed E-state index contributed by atoms with van der Waals surface area (Å²) in [5.74, 6) is 1.41. The molecule has 1 N–H and O–H groups in total. The van der Waals surface area contributed by atoms with Gasteiger partial charge in [0.1, 0.15) is 11.4 Å². The number of pyridine rings is 1. The van der Waals surface area contributed by atoms with Crippen molar-refractivity contribution in [3.05, 3.63) is 30.1 Å². The van der Waals surface area contributed by atoms with Crippen LogP contribution in [0.25, 0.3) is 16.9 Å². The molecule has 0 radical (unpaired) electrons. The maximum absolute atomic E-state index is 12.7. The molecule has 5 rings (SSSR count). The number of aromatic nitrogens is 5. The van der Waals surface area contributed by atoms with E-state index >= 15 is 0 Å². The zero-order chi connectivity index (χ0) is 25.5. The summed E-state index contributed by atoms with van der Waals surface area (Å²) in [4.78, 5) is 21.6. The Morgan fingerprint density at radius 3 is 2.69 bits per heavy atom. The summed E-state index contributed by atoms with van der Waals surface area (Å²) in [6.07, 6.45) is 4.14. The summed E-state index contributed by atoms with van der Waals surface area (Å²) >= 11 is 0. The van der Waals surface area contributed by atoms with Crippen molar-refractivity contribution in [2.45, 2.75) is 57.6 Å². The highest BCUT2D eigenvalue weighted by Gasteiger charge is 2.41. The maximum Gasteiger partial charge on any atom is 0.410 e. The van der Waals surface area contributed by atoms with Gasteiger partial charge in [-0.15, -0.1) is 0 Å². The van der Waals surface area contributed by atoms with Crippen molar-refractivity contribution in [1.29, 1.82) is 5.26 Å². The number of likely N-dealkylation sites (tertiary alicyclic amines) is 1. The van der Waals surface area contributed by atoms with Gasteiger partial charge in [-0.05, 0) is 52.2 Å². The smallest absolute Gasteiger partial charge is 0.410 e. The number of aromatic amines is 1. The standard InChI is InChI=1S/C25H32N8O3/c1-17-15-35-12-11-32(17)21-13-19(18-14-28-33(22(18)29-21)20-5-8-27-30-20)25(16-26)6-9-31(10-7-25)23(34)36-24(2,3)4/h5,8,13-14,17H,6-7,9-12,15H2,1-4H3,(H,27,30)/t17-/m1/s1. The van der Waals surface area contributed by atoms with E-state index in [1.165, 1.54) is 0 Å². The number of carbonyl (C=O) groups excluding carboxylic acids is 1. The first-order valence-electron chi connectivity index (χ1n) is 12.3. The van der Waals surface area contributed by atoms with Crippen molar-refractivity contribution in [3.8, 4) is 11.9 Å². The van der Waals surface area contributed by atoms with Gasteiger partial charge in [0.15, 0.2) is 11.5 Å². The quantitative estimate of drug-likeness (QED) is 0.591. The van der Waals surface area contributed by atoms with E-state index < -0.39 is 11.0 Å². The van der Waals surface area contributed by atoms with Crippen LogP contribution in [-0.2, 0) is 14.9 Å². The fourth-order valence-corrected chi connectivity index (χ4v) is 4.97. The van der Waals surface area contributed by atoms with Gasteiger partial charge in [-0.1, -0.05) is 0 Å². The van der Waals surface area contributed by atoms with Crippen LogP contribution in [0.15, 0.2) is 24.5 Å². The van der Waals surface area contributed by atoms with E-state index in [0.29, 0.717) is 57.2 Å². The fourth-order valence-electron chi connectivity index (χ4n) is 4.97. The van der Waals surface area contributed by atoms with Crippen LogP contribution in [0.3, 0.4) is 0 Å². The third-order valence-corrected chi connectivity index (χ3v) is 6.89. The Bertz CT molecular complexity index is 1280. The van der Waals surface area contributed by atoms with Crippen LogP contribution in [0.1, 0.15) is 46.1 Å². The normalized spacial score (nSPS) is 20.4. The zero-order valence-corrected chi connectivity index (χ0v) is 21.2. The SMILES string of the molecule is C[C@@H]1COCCN1c1cc(C2(C#N)CCN(C(=O)OC(C)(C)C)CC2)c2cnn(-c3cc[nH]n3)c2n1. The number of nitriles is 1. The van der Waals surface area contributed by atoms with Crippen molar-refractivity contribution in [1.82, 2.24) is 29.9 Å². The molecular weight excluding hydrogens is 460 g/mol. The molecule has 0 aliphatic carbocycles. The lowest BCUT2D eigenvalue weighted by Gasteiger charge is -2.39. The minimum Gasteiger partial charge on any atom is -0.444 e. The Hall–Kier alpha value is -3.65. The Labute approximate surface area is 210 Å². The Morgan fingerprint density at radius 2 is 2.06 bits per heavy atom. The molecule has 1 atom stereocenters. The summed E-state index contributed by atoms with van der Waals surface area (Å²) in [7, 11) is 0. The van der Waals surface area contributed by atoms with E-state index in [1.807, 2.05) is 32.9 Å². The molecule has 0 aromatic carbocycles.